The van der Waals surface area contributed by atoms with Crippen molar-refractivity contribution in [1.29, 1.82) is 0 Å². The van der Waals surface area contributed by atoms with Gasteiger partial charge in [-0.05, 0) is 56.8 Å². The van der Waals surface area contributed by atoms with Crippen LogP contribution in [0, 0.1) is 5.92 Å². The summed E-state index contributed by atoms with van der Waals surface area (Å²) < 4.78 is 5.70. The second-order valence-corrected chi connectivity index (χ2v) is 10.9. The number of fused-ring (bicyclic) bond motifs is 1. The molecule has 0 radical (unpaired) electrons. The summed E-state index contributed by atoms with van der Waals surface area (Å²) in [4.78, 5) is 26.9. The quantitative estimate of drug-likeness (QED) is 0.326. The molecule has 6 rings (SSSR count). The molecule has 9 nitrogen and oxygen atoms in total. The van der Waals surface area contributed by atoms with Gasteiger partial charge in [0.2, 0.25) is 5.91 Å². The lowest BCUT2D eigenvalue weighted by atomic mass is 9.50. The molecule has 3 heterocycles. The van der Waals surface area contributed by atoms with E-state index in [4.69, 9.17) is 14.7 Å². The highest BCUT2D eigenvalue weighted by atomic mass is 32.1. The zero-order chi connectivity index (χ0) is 25.4. The number of carbonyl (C=O) groups excluding carboxylic acids is 1. The number of ether oxygens (including phenoxy) is 1. The van der Waals surface area contributed by atoms with E-state index in [0.717, 1.165) is 40.6 Å². The third kappa shape index (κ3) is 4.70. The van der Waals surface area contributed by atoms with Crippen molar-refractivity contribution in [2.24, 2.45) is 5.92 Å². The van der Waals surface area contributed by atoms with Crippen molar-refractivity contribution in [2.75, 3.05) is 62.2 Å². The van der Waals surface area contributed by atoms with Crippen molar-refractivity contribution >= 4 is 56.3 Å². The predicted octanol–water partition coefficient (Wildman–Crippen LogP) is 4.53. The van der Waals surface area contributed by atoms with Gasteiger partial charge in [-0.25, -0.2) is 9.97 Å². The molecule has 10 heteroatoms. The molecular formula is C26H33N7O2S. The number of methoxy groups -OCH3 is 1. The molecule has 1 amide bonds. The van der Waals surface area contributed by atoms with Crippen LogP contribution in [0.1, 0.15) is 19.3 Å². The van der Waals surface area contributed by atoms with E-state index in [9.17, 15) is 4.79 Å². The van der Waals surface area contributed by atoms with E-state index < -0.39 is 0 Å². The number of nitrogens with zero attached hydrogens (tertiary/aromatic N) is 4. The minimum absolute atomic E-state index is 0.245. The van der Waals surface area contributed by atoms with E-state index in [-0.39, 0.29) is 11.4 Å². The van der Waals surface area contributed by atoms with Crippen molar-refractivity contribution in [2.45, 2.75) is 24.8 Å². The summed E-state index contributed by atoms with van der Waals surface area (Å²) in [6, 6.07) is 6.04. The maximum absolute atomic E-state index is 12.2. The number of anilines is 5. The first-order valence-electron chi connectivity index (χ1n) is 12.1. The normalized spacial score (nSPS) is 19.9. The van der Waals surface area contributed by atoms with Gasteiger partial charge in [-0.15, -0.1) is 11.3 Å². The second-order valence-electron chi connectivity index (χ2n) is 10.0. The Morgan fingerprint density at radius 2 is 2.00 bits per heavy atom. The van der Waals surface area contributed by atoms with E-state index in [1.165, 1.54) is 25.3 Å². The maximum atomic E-state index is 12.2. The largest absolute Gasteiger partial charge is 0.493 e. The van der Waals surface area contributed by atoms with Gasteiger partial charge in [0, 0.05) is 48.9 Å². The summed E-state index contributed by atoms with van der Waals surface area (Å²) in [5.41, 5.74) is 2.08. The first-order valence-corrected chi connectivity index (χ1v) is 13.0. The van der Waals surface area contributed by atoms with E-state index in [2.05, 4.69) is 38.9 Å². The van der Waals surface area contributed by atoms with E-state index in [1.54, 1.807) is 18.4 Å². The van der Waals surface area contributed by atoms with Crippen LogP contribution < -0.4 is 25.6 Å². The standard InChI is InChI=1S/C26H33N7O2S/c1-6-22(34)29-23-19(33(4)9-8-32(2)3)12-20(35-5)24(30-23)27-21-11-18(17-7-10-36-25(17)28-21)31-26-13-16(14-26)15-26/h6-7,10-12,16H,1,8-9,13-15H2,2-5H3,(H3,27,28,29,30,31,34). The molecule has 3 saturated carbocycles. The third-order valence-corrected chi connectivity index (χ3v) is 7.84. The van der Waals surface area contributed by atoms with Gasteiger partial charge in [0.25, 0.3) is 0 Å². The molecule has 0 atom stereocenters. The fourth-order valence-electron chi connectivity index (χ4n) is 4.91. The van der Waals surface area contributed by atoms with Gasteiger partial charge >= 0.3 is 0 Å². The highest BCUT2D eigenvalue weighted by molar-refractivity contribution is 7.16. The summed E-state index contributed by atoms with van der Waals surface area (Å²) in [6.45, 7) is 5.17. The van der Waals surface area contributed by atoms with Crippen molar-refractivity contribution in [3.63, 3.8) is 0 Å². The van der Waals surface area contributed by atoms with E-state index in [1.807, 2.05) is 38.2 Å². The molecule has 3 aromatic heterocycles. The van der Waals surface area contributed by atoms with E-state index >= 15 is 0 Å². The number of thiophene rings is 1. The summed E-state index contributed by atoms with van der Waals surface area (Å²) in [7, 11) is 7.62. The number of amides is 1. The lowest BCUT2D eigenvalue weighted by Gasteiger charge is -2.62. The SMILES string of the molecule is C=CC(=O)Nc1nc(Nc2cc(NC34CC(C3)C4)c3ccsc3n2)c(OC)cc1N(C)CCN(C)C. The Hall–Kier alpha value is -3.37. The molecule has 36 heavy (non-hydrogen) atoms. The molecule has 3 N–H and O–H groups in total. The number of rotatable bonds is 11. The number of pyridine rings is 2. The molecular weight excluding hydrogens is 474 g/mol. The Morgan fingerprint density at radius 1 is 1.22 bits per heavy atom. The van der Waals surface area contributed by atoms with Crippen molar-refractivity contribution in [3.8, 4) is 5.75 Å². The summed E-state index contributed by atoms with van der Waals surface area (Å²) in [5, 5.41) is 13.2. The number of carbonyl (C=O) groups is 1. The van der Waals surface area contributed by atoms with Gasteiger partial charge < -0.3 is 30.5 Å². The molecule has 190 valence electrons. The summed E-state index contributed by atoms with van der Waals surface area (Å²) >= 11 is 1.61. The van der Waals surface area contributed by atoms with Gasteiger partial charge in [-0.1, -0.05) is 6.58 Å². The predicted molar refractivity (Wildman–Crippen MR) is 148 cm³/mol. The minimum Gasteiger partial charge on any atom is -0.493 e. The van der Waals surface area contributed by atoms with Gasteiger partial charge in [0.15, 0.2) is 17.4 Å². The van der Waals surface area contributed by atoms with Crippen LogP contribution in [0.3, 0.4) is 0 Å². The fourth-order valence-corrected chi connectivity index (χ4v) is 5.70. The van der Waals surface area contributed by atoms with Crippen LogP contribution in [0.15, 0.2) is 36.2 Å². The molecule has 3 aliphatic carbocycles. The van der Waals surface area contributed by atoms with Crippen LogP contribution in [-0.4, -0.2) is 67.7 Å². The average molecular weight is 508 g/mol. The number of nitrogens with one attached hydrogen (secondary N) is 3. The molecule has 0 spiro atoms. The van der Waals surface area contributed by atoms with Crippen molar-refractivity contribution < 1.29 is 9.53 Å². The van der Waals surface area contributed by atoms with Crippen LogP contribution in [0.25, 0.3) is 10.2 Å². The highest BCUT2D eigenvalue weighted by Gasteiger charge is 2.56. The first kappa shape index (κ1) is 24.3. The lowest BCUT2D eigenvalue weighted by molar-refractivity contribution is -0.111. The minimum atomic E-state index is -0.330. The van der Waals surface area contributed by atoms with Gasteiger partial charge in [0.1, 0.15) is 10.6 Å². The molecule has 0 unspecified atom stereocenters. The first-order chi connectivity index (χ1) is 17.3. The smallest absolute Gasteiger partial charge is 0.248 e. The number of hydrogen-bond acceptors (Lipinski definition) is 9. The van der Waals surface area contributed by atoms with Gasteiger partial charge in [-0.2, -0.15) is 0 Å². The molecule has 0 saturated heterocycles. The van der Waals surface area contributed by atoms with Crippen LogP contribution in [0.2, 0.25) is 0 Å². The van der Waals surface area contributed by atoms with Crippen LogP contribution in [-0.2, 0) is 4.79 Å². The zero-order valence-electron chi connectivity index (χ0n) is 21.2. The maximum Gasteiger partial charge on any atom is 0.248 e. The fraction of sp³-hybridized carbons (Fsp3) is 0.423. The lowest BCUT2D eigenvalue weighted by Crippen LogP contribution is -2.63. The number of aromatic nitrogens is 2. The van der Waals surface area contributed by atoms with Crippen LogP contribution in [0.5, 0.6) is 5.75 Å². The molecule has 2 bridgehead atoms. The van der Waals surface area contributed by atoms with Crippen molar-refractivity contribution in [1.82, 2.24) is 14.9 Å². The monoisotopic (exact) mass is 507 g/mol. The topological polar surface area (TPSA) is 94.6 Å². The summed E-state index contributed by atoms with van der Waals surface area (Å²) in [5.74, 6) is 2.68. The highest BCUT2D eigenvalue weighted by Crippen LogP contribution is 2.59. The van der Waals surface area contributed by atoms with Crippen LogP contribution >= 0.6 is 11.3 Å². The van der Waals surface area contributed by atoms with Gasteiger partial charge in [0.05, 0.1) is 12.8 Å². The Kier molecular flexibility index (Phi) is 6.48. The summed E-state index contributed by atoms with van der Waals surface area (Å²) in [6.07, 6.45) is 4.97. The van der Waals surface area contributed by atoms with Gasteiger partial charge in [-0.3, -0.25) is 4.79 Å². The number of likely N-dealkylation sites (N-methyl/N-ethyl adjacent to an activating group) is 2. The Labute approximate surface area is 215 Å². The van der Waals surface area contributed by atoms with E-state index in [0.29, 0.717) is 23.2 Å². The molecule has 0 aliphatic heterocycles. The second kappa shape index (κ2) is 9.59. The Balaban J connectivity index is 1.48. The Bertz CT molecular complexity index is 1290. The molecule has 3 aromatic rings. The number of hydrogen-bond donors (Lipinski definition) is 3. The zero-order valence-corrected chi connectivity index (χ0v) is 22.0. The van der Waals surface area contributed by atoms with Crippen LogP contribution in [0.4, 0.5) is 28.8 Å². The third-order valence-electron chi connectivity index (χ3n) is 7.03. The molecule has 3 fully saturated rings. The molecule has 0 aromatic carbocycles. The van der Waals surface area contributed by atoms with Crippen molar-refractivity contribution in [3.05, 3.63) is 36.2 Å². The Morgan fingerprint density at radius 3 is 2.64 bits per heavy atom. The molecule has 3 aliphatic rings. The average Bonchev–Trinajstić information content (AvgIpc) is 3.27.